The van der Waals surface area contributed by atoms with Crippen LogP contribution in [-0.4, -0.2) is 14.7 Å². The summed E-state index contributed by atoms with van der Waals surface area (Å²) >= 11 is -2.13. The largest absolute Gasteiger partial charge is 0.326 e. The van der Waals surface area contributed by atoms with Crippen LogP contribution in [0, 0.1) is 5.82 Å². The Morgan fingerprint density at radius 2 is 1.82 bits per heavy atom. The first-order chi connectivity index (χ1) is 10.5. The van der Waals surface area contributed by atoms with Crippen LogP contribution in [0.3, 0.4) is 0 Å². The molecule has 0 spiro atoms. The van der Waals surface area contributed by atoms with Crippen LogP contribution in [-0.2, 0) is 22.5 Å². The fraction of sp³-hybridized carbons (Fsp3) is 0.133. The summed E-state index contributed by atoms with van der Waals surface area (Å²) in [6, 6.07) is 12.5. The van der Waals surface area contributed by atoms with Gasteiger partial charge in [0.15, 0.2) is 0 Å². The number of hydrogen-bond acceptors (Lipinski definition) is 2. The van der Waals surface area contributed by atoms with Crippen LogP contribution >= 0.6 is 0 Å². The molecule has 0 fully saturated rings. The van der Waals surface area contributed by atoms with Crippen LogP contribution < -0.4 is 10.0 Å². The quantitative estimate of drug-likeness (QED) is 0.716. The molecule has 2 rings (SSSR count). The van der Waals surface area contributed by atoms with Crippen molar-refractivity contribution in [3.8, 4) is 0 Å². The normalized spacial score (nSPS) is 11.7. The Labute approximate surface area is 130 Å². The van der Waals surface area contributed by atoms with Crippen molar-refractivity contribution in [3.63, 3.8) is 0 Å². The molecular weight excluding hydrogens is 307 g/mol. The lowest BCUT2D eigenvalue weighted by Gasteiger charge is -2.07. The van der Waals surface area contributed by atoms with Gasteiger partial charge in [0.1, 0.15) is 5.82 Å². The number of anilines is 2. The second-order valence-electron chi connectivity index (χ2n) is 4.61. The number of aryl methyl sites for hydroxylation is 1. The molecule has 0 aromatic heterocycles. The molecule has 0 radical (unpaired) electrons. The zero-order valence-corrected chi connectivity index (χ0v) is 12.4. The van der Waals surface area contributed by atoms with Gasteiger partial charge in [-0.05, 0) is 48.4 Å². The van der Waals surface area contributed by atoms with E-state index in [4.69, 9.17) is 4.55 Å². The average Bonchev–Trinajstić information content (AvgIpc) is 2.47. The molecule has 5 nitrogen and oxygen atoms in total. The van der Waals surface area contributed by atoms with Gasteiger partial charge < -0.3 is 5.32 Å². The summed E-state index contributed by atoms with van der Waals surface area (Å²) in [4.78, 5) is 11.8. The zero-order valence-electron chi connectivity index (χ0n) is 11.6. The van der Waals surface area contributed by atoms with Gasteiger partial charge in [0.2, 0.25) is 5.91 Å². The van der Waals surface area contributed by atoms with Gasteiger partial charge in [-0.2, -0.15) is 0 Å². The highest BCUT2D eigenvalue weighted by atomic mass is 32.2. The molecule has 0 aliphatic rings. The number of hydrogen-bond donors (Lipinski definition) is 3. The molecule has 1 unspecified atom stereocenters. The Morgan fingerprint density at radius 1 is 1.14 bits per heavy atom. The summed E-state index contributed by atoms with van der Waals surface area (Å²) in [5, 5.41) is 2.71. The SMILES string of the molecule is O=C(CCc1cccc(F)c1)Nc1ccc(NS(=O)O)cc1. The topological polar surface area (TPSA) is 78.4 Å². The third-order valence-electron chi connectivity index (χ3n) is 2.90. The van der Waals surface area contributed by atoms with Crippen LogP contribution in [0.1, 0.15) is 12.0 Å². The van der Waals surface area contributed by atoms with Gasteiger partial charge in [-0.1, -0.05) is 12.1 Å². The standard InChI is InChI=1S/C15H15FN2O3S/c16-12-3-1-2-11(10-12)4-9-15(19)17-13-5-7-14(8-6-13)18-22(20)21/h1-3,5-8,10,18H,4,9H2,(H,17,19)(H,20,21). The molecule has 7 heteroatoms. The van der Waals surface area contributed by atoms with E-state index in [-0.39, 0.29) is 18.1 Å². The third kappa shape index (κ3) is 5.27. The fourth-order valence-electron chi connectivity index (χ4n) is 1.90. The monoisotopic (exact) mass is 322 g/mol. The number of carbonyl (C=O) groups excluding carboxylic acids is 1. The number of benzene rings is 2. The molecule has 22 heavy (non-hydrogen) atoms. The van der Waals surface area contributed by atoms with E-state index in [0.717, 1.165) is 5.56 Å². The molecule has 1 atom stereocenters. The molecule has 2 aromatic rings. The lowest BCUT2D eigenvalue weighted by atomic mass is 10.1. The molecule has 0 saturated heterocycles. The summed E-state index contributed by atoms with van der Waals surface area (Å²) in [6.45, 7) is 0. The highest BCUT2D eigenvalue weighted by Crippen LogP contribution is 2.14. The van der Waals surface area contributed by atoms with E-state index in [9.17, 15) is 13.4 Å². The number of rotatable bonds is 6. The number of nitrogens with one attached hydrogen (secondary N) is 2. The molecule has 0 heterocycles. The molecule has 0 aliphatic carbocycles. The van der Waals surface area contributed by atoms with Gasteiger partial charge in [-0.25, -0.2) is 8.60 Å². The highest BCUT2D eigenvalue weighted by Gasteiger charge is 2.04. The number of halogens is 1. The van der Waals surface area contributed by atoms with Crippen molar-refractivity contribution in [1.29, 1.82) is 0 Å². The maximum Gasteiger partial charge on any atom is 0.259 e. The summed E-state index contributed by atoms with van der Waals surface area (Å²) in [6.07, 6.45) is 0.691. The second kappa shape index (κ2) is 7.67. The summed E-state index contributed by atoms with van der Waals surface area (Å²) in [7, 11) is 0. The van der Waals surface area contributed by atoms with Gasteiger partial charge in [0, 0.05) is 17.8 Å². The van der Waals surface area contributed by atoms with Crippen molar-refractivity contribution in [2.75, 3.05) is 10.0 Å². The van der Waals surface area contributed by atoms with Crippen LogP contribution in [0.15, 0.2) is 48.5 Å². The zero-order chi connectivity index (χ0) is 15.9. The second-order valence-corrected chi connectivity index (χ2v) is 5.31. The van der Waals surface area contributed by atoms with E-state index in [1.54, 1.807) is 36.4 Å². The molecule has 1 amide bonds. The van der Waals surface area contributed by atoms with Crippen LogP contribution in [0.2, 0.25) is 0 Å². The van der Waals surface area contributed by atoms with Gasteiger partial charge in [-0.15, -0.1) is 0 Å². The minimum atomic E-state index is -2.13. The van der Waals surface area contributed by atoms with Crippen molar-refractivity contribution in [2.24, 2.45) is 0 Å². The van der Waals surface area contributed by atoms with Gasteiger partial charge >= 0.3 is 0 Å². The molecule has 0 aliphatic heterocycles. The number of carbonyl (C=O) groups is 1. The lowest BCUT2D eigenvalue weighted by molar-refractivity contribution is -0.116. The van der Waals surface area contributed by atoms with Gasteiger partial charge in [-0.3, -0.25) is 14.1 Å². The third-order valence-corrected chi connectivity index (χ3v) is 3.31. The van der Waals surface area contributed by atoms with Crippen molar-refractivity contribution in [2.45, 2.75) is 12.8 Å². The van der Waals surface area contributed by atoms with Crippen molar-refractivity contribution < 1.29 is 17.9 Å². The minimum absolute atomic E-state index is 0.185. The first-order valence-corrected chi connectivity index (χ1v) is 7.65. The van der Waals surface area contributed by atoms with Gasteiger partial charge in [0.25, 0.3) is 11.3 Å². The highest BCUT2D eigenvalue weighted by molar-refractivity contribution is 7.80. The van der Waals surface area contributed by atoms with Crippen LogP contribution in [0.4, 0.5) is 15.8 Å². The number of amides is 1. The Hall–Kier alpha value is -2.25. The maximum absolute atomic E-state index is 13.0. The van der Waals surface area contributed by atoms with Crippen molar-refractivity contribution >= 4 is 28.5 Å². The van der Waals surface area contributed by atoms with E-state index < -0.39 is 11.3 Å². The van der Waals surface area contributed by atoms with Crippen molar-refractivity contribution in [3.05, 3.63) is 59.9 Å². The summed E-state index contributed by atoms with van der Waals surface area (Å²) < 4.78 is 34.6. The van der Waals surface area contributed by atoms with Crippen LogP contribution in [0.5, 0.6) is 0 Å². The van der Waals surface area contributed by atoms with E-state index in [0.29, 0.717) is 17.8 Å². The molecular formula is C15H15FN2O3S. The molecule has 3 N–H and O–H groups in total. The fourth-order valence-corrected chi connectivity index (χ4v) is 2.23. The smallest absolute Gasteiger partial charge is 0.259 e. The van der Waals surface area contributed by atoms with E-state index in [1.165, 1.54) is 12.1 Å². The Bertz CT molecular complexity index is 677. The van der Waals surface area contributed by atoms with Crippen LogP contribution in [0.25, 0.3) is 0 Å². The first-order valence-electron chi connectivity index (χ1n) is 6.55. The average molecular weight is 322 g/mol. The maximum atomic E-state index is 13.0. The van der Waals surface area contributed by atoms with Crippen molar-refractivity contribution in [1.82, 2.24) is 0 Å². The van der Waals surface area contributed by atoms with E-state index in [2.05, 4.69) is 10.0 Å². The molecule has 116 valence electrons. The Balaban J connectivity index is 1.85. The Morgan fingerprint density at radius 3 is 2.45 bits per heavy atom. The predicted octanol–water partition coefficient (Wildman–Crippen LogP) is 2.95. The van der Waals surface area contributed by atoms with Gasteiger partial charge in [0.05, 0.1) is 0 Å². The lowest BCUT2D eigenvalue weighted by Crippen LogP contribution is -2.12. The predicted molar refractivity (Wildman–Crippen MR) is 84.2 cm³/mol. The molecule has 0 bridgehead atoms. The summed E-state index contributed by atoms with van der Waals surface area (Å²) in [5.74, 6) is -0.502. The minimum Gasteiger partial charge on any atom is -0.326 e. The van der Waals surface area contributed by atoms with E-state index >= 15 is 0 Å². The molecule has 0 saturated carbocycles. The van der Waals surface area contributed by atoms with E-state index in [1.807, 2.05) is 0 Å². The Kier molecular flexibility index (Phi) is 5.62. The summed E-state index contributed by atoms with van der Waals surface area (Å²) in [5.41, 5.74) is 1.82. The molecule has 2 aromatic carbocycles. The first kappa shape index (κ1) is 16.1.